The van der Waals surface area contributed by atoms with Crippen molar-refractivity contribution < 1.29 is 4.79 Å². The largest absolute Gasteiger partial charge is 0.299 e. The third kappa shape index (κ3) is 3.15. The van der Waals surface area contributed by atoms with Crippen LogP contribution < -0.4 is 0 Å². The first-order valence-corrected chi connectivity index (χ1v) is 7.90. The summed E-state index contributed by atoms with van der Waals surface area (Å²) >= 11 is 0. The Labute approximate surface area is 126 Å². The van der Waals surface area contributed by atoms with Gasteiger partial charge in [0.05, 0.1) is 5.52 Å². The van der Waals surface area contributed by atoms with Gasteiger partial charge < -0.3 is 0 Å². The van der Waals surface area contributed by atoms with Crippen molar-refractivity contribution in [3.05, 3.63) is 42.1 Å². The Balaban J connectivity index is 1.75. The van der Waals surface area contributed by atoms with Crippen molar-refractivity contribution in [3.63, 3.8) is 0 Å². The van der Waals surface area contributed by atoms with Crippen molar-refractivity contribution in [1.29, 1.82) is 0 Å². The molecule has 1 aliphatic carbocycles. The summed E-state index contributed by atoms with van der Waals surface area (Å²) in [7, 11) is 0. The van der Waals surface area contributed by atoms with Crippen molar-refractivity contribution in [2.45, 2.75) is 46.0 Å². The highest BCUT2D eigenvalue weighted by molar-refractivity contribution is 5.90. The third-order valence-corrected chi connectivity index (χ3v) is 4.90. The quantitative estimate of drug-likeness (QED) is 0.825. The summed E-state index contributed by atoms with van der Waals surface area (Å²) in [6.45, 7) is 4.62. The molecule has 0 unspecified atom stereocenters. The van der Waals surface area contributed by atoms with Gasteiger partial charge in [-0.2, -0.15) is 0 Å². The van der Waals surface area contributed by atoms with E-state index in [9.17, 15) is 4.79 Å². The lowest BCUT2D eigenvalue weighted by molar-refractivity contribution is -0.123. The van der Waals surface area contributed by atoms with Crippen LogP contribution in [0.2, 0.25) is 0 Å². The van der Waals surface area contributed by atoms with Gasteiger partial charge in [-0.05, 0) is 48.8 Å². The lowest BCUT2D eigenvalue weighted by atomic mass is 9.71. The first-order chi connectivity index (χ1) is 10.1. The molecule has 1 aromatic heterocycles. The molecule has 0 aliphatic heterocycles. The van der Waals surface area contributed by atoms with E-state index in [2.05, 4.69) is 24.9 Å². The smallest absolute Gasteiger partial charge is 0.140 e. The Hall–Kier alpha value is -1.70. The number of ketones is 1. The van der Waals surface area contributed by atoms with Crippen molar-refractivity contribution in [2.24, 2.45) is 11.3 Å². The second-order valence-corrected chi connectivity index (χ2v) is 7.07. The molecular weight excluding hydrogens is 258 g/mol. The van der Waals surface area contributed by atoms with Crippen LogP contribution in [-0.4, -0.2) is 10.8 Å². The fraction of sp³-hybridized carbons (Fsp3) is 0.474. The predicted octanol–water partition coefficient (Wildman–Crippen LogP) is 4.56. The molecule has 0 atom stereocenters. The molecule has 2 nitrogen and oxygen atoms in total. The van der Waals surface area contributed by atoms with Crippen LogP contribution in [0.3, 0.4) is 0 Å². The van der Waals surface area contributed by atoms with Gasteiger partial charge in [-0.25, -0.2) is 0 Å². The van der Waals surface area contributed by atoms with Crippen LogP contribution in [0.4, 0.5) is 0 Å². The molecule has 0 bridgehead atoms. The molecule has 0 amide bonds. The Morgan fingerprint density at radius 2 is 1.90 bits per heavy atom. The van der Waals surface area contributed by atoms with Gasteiger partial charge in [0, 0.05) is 23.9 Å². The molecule has 0 spiro atoms. The number of carbonyl (C=O) groups is 1. The highest BCUT2D eigenvalue weighted by Gasteiger charge is 2.30. The van der Waals surface area contributed by atoms with Gasteiger partial charge in [0.2, 0.25) is 0 Å². The number of benzene rings is 1. The Kier molecular flexibility index (Phi) is 3.79. The topological polar surface area (TPSA) is 30.0 Å². The molecule has 3 rings (SSSR count). The molecule has 1 fully saturated rings. The van der Waals surface area contributed by atoms with E-state index in [0.717, 1.165) is 29.3 Å². The molecule has 21 heavy (non-hydrogen) atoms. The maximum absolute atomic E-state index is 12.6. The number of hydrogen-bond acceptors (Lipinski definition) is 2. The maximum atomic E-state index is 12.6. The van der Waals surface area contributed by atoms with Crippen LogP contribution in [0, 0.1) is 11.3 Å². The minimum Gasteiger partial charge on any atom is -0.299 e. The molecule has 0 radical (unpaired) electrons. The van der Waals surface area contributed by atoms with E-state index in [4.69, 9.17) is 0 Å². The van der Waals surface area contributed by atoms with Crippen LogP contribution in [0.5, 0.6) is 0 Å². The number of pyridine rings is 1. The van der Waals surface area contributed by atoms with E-state index in [1.807, 2.05) is 30.5 Å². The number of fused-ring (bicyclic) bond motifs is 1. The minimum atomic E-state index is 0.255. The number of aromatic nitrogens is 1. The number of carbonyl (C=O) groups excluding carboxylic acids is 1. The zero-order chi connectivity index (χ0) is 14.9. The second kappa shape index (κ2) is 5.59. The van der Waals surface area contributed by atoms with Crippen LogP contribution >= 0.6 is 0 Å². The van der Waals surface area contributed by atoms with Crippen LogP contribution in [0.15, 0.2) is 36.5 Å². The lowest BCUT2D eigenvalue weighted by Gasteiger charge is -2.33. The van der Waals surface area contributed by atoms with E-state index >= 15 is 0 Å². The Bertz CT molecular complexity index is 644. The second-order valence-electron chi connectivity index (χ2n) is 7.07. The molecule has 0 saturated heterocycles. The van der Waals surface area contributed by atoms with Crippen LogP contribution in [0.25, 0.3) is 10.9 Å². The SMILES string of the molecule is CC1(C)CCC(C(=O)Cc2ccnc3ccccc23)CC1. The third-order valence-electron chi connectivity index (χ3n) is 4.90. The van der Waals surface area contributed by atoms with E-state index in [-0.39, 0.29) is 5.92 Å². The first-order valence-electron chi connectivity index (χ1n) is 7.90. The van der Waals surface area contributed by atoms with Crippen molar-refractivity contribution >= 4 is 16.7 Å². The Morgan fingerprint density at radius 1 is 1.19 bits per heavy atom. The zero-order valence-electron chi connectivity index (χ0n) is 12.9. The normalized spacial score (nSPS) is 18.8. The van der Waals surface area contributed by atoms with Gasteiger partial charge in [0.25, 0.3) is 0 Å². The molecule has 1 heterocycles. The monoisotopic (exact) mass is 281 g/mol. The molecule has 110 valence electrons. The van der Waals surface area contributed by atoms with Crippen molar-refractivity contribution in [1.82, 2.24) is 4.98 Å². The number of Topliss-reactive ketones (excluding diaryl/α,β-unsaturated/α-hetero) is 1. The van der Waals surface area contributed by atoms with E-state index in [1.165, 1.54) is 12.8 Å². The molecule has 1 aromatic carbocycles. The Morgan fingerprint density at radius 3 is 2.67 bits per heavy atom. The molecular formula is C19H23NO. The van der Waals surface area contributed by atoms with Crippen LogP contribution in [-0.2, 0) is 11.2 Å². The lowest BCUT2D eigenvalue weighted by Crippen LogP contribution is -2.27. The standard InChI is InChI=1S/C19H23NO/c1-19(2)10-7-14(8-11-19)18(21)13-15-9-12-20-17-6-4-3-5-16(15)17/h3-6,9,12,14H,7-8,10-11,13H2,1-2H3. The summed E-state index contributed by atoms with van der Waals surface area (Å²) in [5, 5.41) is 1.12. The number of hydrogen-bond donors (Lipinski definition) is 0. The molecule has 2 heteroatoms. The molecule has 0 N–H and O–H groups in total. The van der Waals surface area contributed by atoms with Gasteiger partial charge in [-0.1, -0.05) is 32.0 Å². The minimum absolute atomic E-state index is 0.255. The summed E-state index contributed by atoms with van der Waals surface area (Å²) < 4.78 is 0. The summed E-state index contributed by atoms with van der Waals surface area (Å²) in [4.78, 5) is 17.0. The average molecular weight is 281 g/mol. The van der Waals surface area contributed by atoms with Gasteiger partial charge >= 0.3 is 0 Å². The molecule has 1 saturated carbocycles. The van der Waals surface area contributed by atoms with E-state index in [1.54, 1.807) is 0 Å². The maximum Gasteiger partial charge on any atom is 0.140 e. The summed E-state index contributed by atoms with van der Waals surface area (Å²) in [6.07, 6.45) is 6.80. The number of rotatable bonds is 3. The summed E-state index contributed by atoms with van der Waals surface area (Å²) in [5.74, 6) is 0.659. The molecule has 2 aromatic rings. The summed E-state index contributed by atoms with van der Waals surface area (Å²) in [6, 6.07) is 10.1. The number of para-hydroxylation sites is 1. The van der Waals surface area contributed by atoms with Gasteiger partial charge in [-0.3, -0.25) is 9.78 Å². The van der Waals surface area contributed by atoms with Crippen LogP contribution in [0.1, 0.15) is 45.1 Å². The fourth-order valence-corrected chi connectivity index (χ4v) is 3.36. The zero-order valence-corrected chi connectivity index (χ0v) is 12.9. The van der Waals surface area contributed by atoms with Gasteiger partial charge in [0.15, 0.2) is 0 Å². The van der Waals surface area contributed by atoms with E-state index < -0.39 is 0 Å². The van der Waals surface area contributed by atoms with Gasteiger partial charge in [0.1, 0.15) is 5.78 Å². The van der Waals surface area contributed by atoms with E-state index in [0.29, 0.717) is 17.6 Å². The van der Waals surface area contributed by atoms with Gasteiger partial charge in [-0.15, -0.1) is 0 Å². The van der Waals surface area contributed by atoms with Crippen molar-refractivity contribution in [3.8, 4) is 0 Å². The number of nitrogens with zero attached hydrogens (tertiary/aromatic N) is 1. The van der Waals surface area contributed by atoms with Crippen molar-refractivity contribution in [2.75, 3.05) is 0 Å². The predicted molar refractivity (Wildman–Crippen MR) is 86.2 cm³/mol. The highest BCUT2D eigenvalue weighted by Crippen LogP contribution is 2.38. The molecule has 1 aliphatic rings. The summed E-state index contributed by atoms with van der Waals surface area (Å²) in [5.41, 5.74) is 2.52. The average Bonchev–Trinajstić information content (AvgIpc) is 2.47. The highest BCUT2D eigenvalue weighted by atomic mass is 16.1. The fourth-order valence-electron chi connectivity index (χ4n) is 3.36. The first kappa shape index (κ1) is 14.2.